The van der Waals surface area contributed by atoms with E-state index in [4.69, 9.17) is 4.74 Å². The molecule has 2 aromatic heterocycles. The van der Waals surface area contributed by atoms with Crippen molar-refractivity contribution in [3.63, 3.8) is 0 Å². The molecule has 2 aromatic rings. The third-order valence-electron chi connectivity index (χ3n) is 5.50. The topological polar surface area (TPSA) is 69.0 Å². The standard InChI is InChI=1S/C21H28N4O2/c26-18(15-16-9-11-22-12-10-16)20-17-7-8-19-23-21(17)25(24-20)13-5-3-1-2-4-6-14-27-19/h4,6-8,16,22H,1-3,5,9-15H2/b6-4-. The lowest BCUT2D eigenvalue weighted by molar-refractivity contribution is 0.0948. The van der Waals surface area contributed by atoms with Gasteiger partial charge in [0.2, 0.25) is 5.88 Å². The van der Waals surface area contributed by atoms with Crippen LogP contribution in [0.2, 0.25) is 0 Å². The van der Waals surface area contributed by atoms with Gasteiger partial charge in [0.05, 0.1) is 5.39 Å². The Morgan fingerprint density at radius 1 is 1.19 bits per heavy atom. The van der Waals surface area contributed by atoms with E-state index in [1.165, 1.54) is 0 Å². The number of fused-ring (bicyclic) bond motifs is 1. The van der Waals surface area contributed by atoms with E-state index in [2.05, 4.69) is 27.6 Å². The summed E-state index contributed by atoms with van der Waals surface area (Å²) < 4.78 is 7.65. The van der Waals surface area contributed by atoms with E-state index in [9.17, 15) is 4.79 Å². The summed E-state index contributed by atoms with van der Waals surface area (Å²) in [7, 11) is 0. The second-order valence-corrected chi connectivity index (χ2v) is 7.54. The third-order valence-corrected chi connectivity index (χ3v) is 5.50. The Morgan fingerprint density at radius 3 is 2.96 bits per heavy atom. The largest absolute Gasteiger partial charge is 0.473 e. The highest BCUT2D eigenvalue weighted by molar-refractivity contribution is 6.05. The number of hydrogen-bond acceptors (Lipinski definition) is 5. The molecule has 0 spiro atoms. The Kier molecular flexibility index (Phi) is 5.82. The number of ketones is 1. The minimum atomic E-state index is 0.144. The zero-order valence-electron chi connectivity index (χ0n) is 15.8. The molecule has 4 rings (SSSR count). The Balaban J connectivity index is 1.62. The molecule has 0 atom stereocenters. The highest BCUT2D eigenvalue weighted by atomic mass is 16.5. The van der Waals surface area contributed by atoms with Gasteiger partial charge in [-0.1, -0.05) is 18.6 Å². The molecule has 2 aliphatic rings. The smallest absolute Gasteiger partial charge is 0.215 e. The maximum Gasteiger partial charge on any atom is 0.215 e. The number of piperidine rings is 1. The van der Waals surface area contributed by atoms with Crippen molar-refractivity contribution in [2.24, 2.45) is 5.92 Å². The molecule has 1 N–H and O–H groups in total. The number of nitrogens with one attached hydrogen (secondary N) is 1. The van der Waals surface area contributed by atoms with E-state index in [0.717, 1.165) is 69.2 Å². The van der Waals surface area contributed by atoms with E-state index in [-0.39, 0.29) is 5.78 Å². The fourth-order valence-corrected chi connectivity index (χ4v) is 3.94. The molecule has 144 valence electrons. The number of hydrogen-bond donors (Lipinski definition) is 1. The van der Waals surface area contributed by atoms with Crippen molar-refractivity contribution in [3.8, 4) is 5.88 Å². The number of Topliss-reactive ketones (excluding diaryl/α,β-unsaturated/α-hetero) is 1. The van der Waals surface area contributed by atoms with Gasteiger partial charge in [-0.15, -0.1) is 0 Å². The lowest BCUT2D eigenvalue weighted by Crippen LogP contribution is -2.29. The van der Waals surface area contributed by atoms with Crippen molar-refractivity contribution in [1.82, 2.24) is 20.1 Å². The Morgan fingerprint density at radius 2 is 2.07 bits per heavy atom. The number of aryl methyl sites for hydroxylation is 1. The van der Waals surface area contributed by atoms with Gasteiger partial charge in [-0.3, -0.25) is 4.79 Å². The summed E-state index contributed by atoms with van der Waals surface area (Å²) >= 11 is 0. The van der Waals surface area contributed by atoms with Crippen molar-refractivity contribution < 1.29 is 9.53 Å². The van der Waals surface area contributed by atoms with E-state index in [1.54, 1.807) is 0 Å². The summed E-state index contributed by atoms with van der Waals surface area (Å²) in [6.07, 6.45) is 11.3. The molecular formula is C21H28N4O2. The maximum absolute atomic E-state index is 13.0. The molecule has 6 heteroatoms. The highest BCUT2D eigenvalue weighted by Gasteiger charge is 2.23. The summed E-state index contributed by atoms with van der Waals surface area (Å²) in [5, 5.41) is 8.90. The first-order valence-corrected chi connectivity index (χ1v) is 10.2. The Hall–Kier alpha value is -2.21. The molecule has 1 saturated heterocycles. The van der Waals surface area contributed by atoms with Gasteiger partial charge in [0.15, 0.2) is 11.4 Å². The number of rotatable bonds is 3. The van der Waals surface area contributed by atoms with Crippen LogP contribution < -0.4 is 10.1 Å². The van der Waals surface area contributed by atoms with Crippen molar-refractivity contribution >= 4 is 16.8 Å². The van der Waals surface area contributed by atoms with Crippen LogP contribution in [-0.4, -0.2) is 40.2 Å². The first kappa shape index (κ1) is 18.2. The maximum atomic E-state index is 13.0. The average molecular weight is 368 g/mol. The summed E-state index contributed by atoms with van der Waals surface area (Å²) in [5.74, 6) is 1.19. The number of pyridine rings is 1. The molecule has 0 saturated carbocycles. The summed E-state index contributed by atoms with van der Waals surface area (Å²) in [6, 6.07) is 3.79. The van der Waals surface area contributed by atoms with E-state index in [1.807, 2.05) is 16.8 Å². The molecule has 27 heavy (non-hydrogen) atoms. The van der Waals surface area contributed by atoms with Crippen LogP contribution in [0, 0.1) is 5.92 Å². The summed E-state index contributed by atoms with van der Waals surface area (Å²) in [4.78, 5) is 17.6. The quantitative estimate of drug-likeness (QED) is 0.663. The van der Waals surface area contributed by atoms with Crippen LogP contribution >= 0.6 is 0 Å². The van der Waals surface area contributed by atoms with Crippen LogP contribution in [0.3, 0.4) is 0 Å². The van der Waals surface area contributed by atoms with Gasteiger partial charge in [0.25, 0.3) is 0 Å². The van der Waals surface area contributed by atoms with Gasteiger partial charge in [0.1, 0.15) is 12.3 Å². The normalized spacial score (nSPS) is 20.4. The van der Waals surface area contributed by atoms with E-state index < -0.39 is 0 Å². The number of ether oxygens (including phenoxy) is 1. The number of allylic oxidation sites excluding steroid dienone is 1. The zero-order chi connectivity index (χ0) is 18.5. The molecule has 2 aliphatic heterocycles. The fraction of sp³-hybridized carbons (Fsp3) is 0.571. The average Bonchev–Trinajstić information content (AvgIpc) is 3.05. The summed E-state index contributed by atoms with van der Waals surface area (Å²) in [5.41, 5.74) is 1.35. The van der Waals surface area contributed by atoms with E-state index in [0.29, 0.717) is 30.5 Å². The zero-order valence-corrected chi connectivity index (χ0v) is 15.8. The van der Waals surface area contributed by atoms with Crippen molar-refractivity contribution in [1.29, 1.82) is 0 Å². The predicted molar refractivity (Wildman–Crippen MR) is 105 cm³/mol. The van der Waals surface area contributed by atoms with Crippen LogP contribution in [0.1, 0.15) is 55.4 Å². The van der Waals surface area contributed by atoms with Crippen LogP contribution in [0.4, 0.5) is 0 Å². The molecule has 0 aromatic carbocycles. The van der Waals surface area contributed by atoms with Crippen LogP contribution in [-0.2, 0) is 6.54 Å². The monoisotopic (exact) mass is 368 g/mol. The molecule has 1 fully saturated rings. The number of carbonyl (C=O) groups excluding carboxylic acids is 1. The van der Waals surface area contributed by atoms with Crippen LogP contribution in [0.25, 0.3) is 11.0 Å². The van der Waals surface area contributed by atoms with E-state index >= 15 is 0 Å². The summed E-state index contributed by atoms with van der Waals surface area (Å²) in [6.45, 7) is 3.32. The number of nitrogens with zero attached hydrogens (tertiary/aromatic N) is 3. The highest BCUT2D eigenvalue weighted by Crippen LogP contribution is 2.25. The third kappa shape index (κ3) is 4.38. The lowest BCUT2D eigenvalue weighted by atomic mass is 9.91. The molecule has 0 radical (unpaired) electrons. The van der Waals surface area contributed by atoms with Crippen LogP contribution in [0.15, 0.2) is 24.3 Å². The second kappa shape index (κ2) is 8.65. The van der Waals surface area contributed by atoms with Gasteiger partial charge in [-0.2, -0.15) is 10.1 Å². The molecule has 0 unspecified atom stereocenters. The Bertz CT molecular complexity index is 821. The van der Waals surface area contributed by atoms with Gasteiger partial charge >= 0.3 is 0 Å². The SMILES string of the molecule is O=C(CC1CCNCC1)c1nn2c3nc(ccc13)OC/C=C\CCCCC2. The number of carbonyl (C=O) groups is 1. The molecular weight excluding hydrogens is 340 g/mol. The van der Waals surface area contributed by atoms with Gasteiger partial charge in [-0.25, -0.2) is 4.68 Å². The first-order chi connectivity index (χ1) is 13.3. The molecule has 0 amide bonds. The van der Waals surface area contributed by atoms with Crippen molar-refractivity contribution in [3.05, 3.63) is 30.0 Å². The lowest BCUT2D eigenvalue weighted by Gasteiger charge is -2.21. The minimum Gasteiger partial charge on any atom is -0.473 e. The van der Waals surface area contributed by atoms with Gasteiger partial charge < -0.3 is 10.1 Å². The van der Waals surface area contributed by atoms with Gasteiger partial charge in [-0.05, 0) is 57.2 Å². The predicted octanol–water partition coefficient (Wildman–Crippen LogP) is 3.51. The van der Waals surface area contributed by atoms with Crippen molar-refractivity contribution in [2.75, 3.05) is 19.7 Å². The van der Waals surface area contributed by atoms with Gasteiger partial charge in [0, 0.05) is 19.0 Å². The second-order valence-electron chi connectivity index (χ2n) is 7.54. The molecule has 6 nitrogen and oxygen atoms in total. The molecule has 4 heterocycles. The minimum absolute atomic E-state index is 0.144. The van der Waals surface area contributed by atoms with Crippen molar-refractivity contribution in [2.45, 2.75) is 51.5 Å². The number of aromatic nitrogens is 3. The fourth-order valence-electron chi connectivity index (χ4n) is 3.94. The Labute approximate surface area is 160 Å². The molecule has 2 bridgehead atoms. The first-order valence-electron chi connectivity index (χ1n) is 10.2. The molecule has 0 aliphatic carbocycles. The van der Waals surface area contributed by atoms with Crippen LogP contribution in [0.5, 0.6) is 5.88 Å².